The molecule has 0 aliphatic rings. The molecular formula is C16H17ClN2O2. The summed E-state index contributed by atoms with van der Waals surface area (Å²) in [7, 11) is 0. The molecule has 0 spiro atoms. The van der Waals surface area contributed by atoms with E-state index in [1.54, 1.807) is 6.07 Å². The van der Waals surface area contributed by atoms with Crippen LogP contribution >= 0.6 is 11.6 Å². The van der Waals surface area contributed by atoms with Crippen LogP contribution in [0.4, 0.5) is 0 Å². The number of nitrogens with one attached hydrogen (secondary N) is 1. The molecule has 0 atom stereocenters. The van der Waals surface area contributed by atoms with Gasteiger partial charge in [-0.15, -0.1) is 0 Å². The monoisotopic (exact) mass is 304 g/mol. The van der Waals surface area contributed by atoms with Crippen LogP contribution < -0.4 is 16.0 Å². The van der Waals surface area contributed by atoms with Gasteiger partial charge in [-0.2, -0.15) is 0 Å². The van der Waals surface area contributed by atoms with Gasteiger partial charge in [0.2, 0.25) is 5.91 Å². The van der Waals surface area contributed by atoms with Crippen molar-refractivity contribution in [2.24, 2.45) is 5.84 Å². The molecular weight excluding hydrogens is 288 g/mol. The average molecular weight is 305 g/mol. The molecule has 21 heavy (non-hydrogen) atoms. The second kappa shape index (κ2) is 7.11. The van der Waals surface area contributed by atoms with Gasteiger partial charge in [-0.3, -0.25) is 10.2 Å². The number of benzene rings is 2. The molecule has 0 aromatic heterocycles. The third kappa shape index (κ3) is 4.48. The first-order chi connectivity index (χ1) is 10.1. The lowest BCUT2D eigenvalue weighted by atomic mass is 10.1. The highest BCUT2D eigenvalue weighted by atomic mass is 35.5. The molecule has 110 valence electrons. The topological polar surface area (TPSA) is 64.3 Å². The molecule has 0 heterocycles. The molecule has 0 aliphatic heterocycles. The van der Waals surface area contributed by atoms with Gasteiger partial charge in [-0.25, -0.2) is 5.84 Å². The van der Waals surface area contributed by atoms with Crippen LogP contribution in [-0.2, 0) is 17.8 Å². The van der Waals surface area contributed by atoms with Crippen LogP contribution in [0.5, 0.6) is 5.75 Å². The number of carbonyl (C=O) groups is 1. The maximum atomic E-state index is 11.2. The van der Waals surface area contributed by atoms with Gasteiger partial charge in [0.1, 0.15) is 12.4 Å². The molecule has 3 N–H and O–H groups in total. The van der Waals surface area contributed by atoms with Crippen LogP contribution in [0.25, 0.3) is 0 Å². The fourth-order valence-electron chi connectivity index (χ4n) is 1.88. The van der Waals surface area contributed by atoms with Crippen molar-refractivity contribution in [1.82, 2.24) is 5.43 Å². The Morgan fingerprint density at radius 2 is 1.86 bits per heavy atom. The summed E-state index contributed by atoms with van der Waals surface area (Å²) >= 11 is 5.95. The first-order valence-electron chi connectivity index (χ1n) is 6.54. The molecule has 0 bridgehead atoms. The highest BCUT2D eigenvalue weighted by Gasteiger charge is 2.03. The number of hydrazine groups is 1. The zero-order chi connectivity index (χ0) is 15.2. The van der Waals surface area contributed by atoms with Crippen molar-refractivity contribution in [2.45, 2.75) is 20.0 Å². The van der Waals surface area contributed by atoms with Crippen LogP contribution in [-0.4, -0.2) is 5.91 Å². The summed E-state index contributed by atoms with van der Waals surface area (Å²) in [6.45, 7) is 2.42. The molecule has 5 heteroatoms. The van der Waals surface area contributed by atoms with E-state index in [9.17, 15) is 4.79 Å². The number of ether oxygens (including phenoxy) is 1. The summed E-state index contributed by atoms with van der Waals surface area (Å²) in [6.07, 6.45) is 0.269. The quantitative estimate of drug-likeness (QED) is 0.507. The number of aryl methyl sites for hydroxylation is 1. The van der Waals surface area contributed by atoms with E-state index < -0.39 is 0 Å². The summed E-state index contributed by atoms with van der Waals surface area (Å²) in [5.74, 6) is 5.62. The van der Waals surface area contributed by atoms with E-state index in [1.165, 1.54) is 0 Å². The maximum absolute atomic E-state index is 11.2. The Morgan fingerprint density at radius 3 is 2.52 bits per heavy atom. The van der Waals surface area contributed by atoms with E-state index in [1.807, 2.05) is 43.3 Å². The van der Waals surface area contributed by atoms with Crippen molar-refractivity contribution in [1.29, 1.82) is 0 Å². The third-order valence-electron chi connectivity index (χ3n) is 3.09. The number of halogens is 1. The van der Waals surface area contributed by atoms with Gasteiger partial charge in [0.05, 0.1) is 6.42 Å². The first kappa shape index (κ1) is 15.4. The highest BCUT2D eigenvalue weighted by Crippen LogP contribution is 2.23. The van der Waals surface area contributed by atoms with Crippen LogP contribution in [0.2, 0.25) is 5.02 Å². The summed E-state index contributed by atoms with van der Waals surface area (Å²) in [5.41, 5.74) is 5.07. The SMILES string of the molecule is Cc1ccc(Cl)cc1OCc1ccc(CC(=O)NN)cc1. The Hall–Kier alpha value is -2.04. The van der Waals surface area contributed by atoms with Crippen LogP contribution in [0.1, 0.15) is 16.7 Å². The van der Waals surface area contributed by atoms with Crippen molar-refractivity contribution < 1.29 is 9.53 Å². The van der Waals surface area contributed by atoms with Crippen LogP contribution in [0.3, 0.4) is 0 Å². The number of nitrogens with two attached hydrogens (primary N) is 1. The van der Waals surface area contributed by atoms with Gasteiger partial charge in [-0.05, 0) is 35.7 Å². The zero-order valence-electron chi connectivity index (χ0n) is 11.7. The number of hydrogen-bond acceptors (Lipinski definition) is 3. The normalized spacial score (nSPS) is 10.2. The fourth-order valence-corrected chi connectivity index (χ4v) is 2.04. The van der Waals surface area contributed by atoms with E-state index in [0.717, 1.165) is 22.4 Å². The van der Waals surface area contributed by atoms with E-state index in [4.69, 9.17) is 22.2 Å². The molecule has 0 saturated carbocycles. The minimum Gasteiger partial charge on any atom is -0.489 e. The largest absolute Gasteiger partial charge is 0.489 e. The van der Waals surface area contributed by atoms with Gasteiger partial charge < -0.3 is 4.74 Å². The maximum Gasteiger partial charge on any atom is 0.238 e. The number of rotatable bonds is 5. The predicted molar refractivity (Wildman–Crippen MR) is 83.0 cm³/mol. The van der Waals surface area contributed by atoms with Gasteiger partial charge in [-0.1, -0.05) is 41.9 Å². The van der Waals surface area contributed by atoms with E-state index in [2.05, 4.69) is 5.43 Å². The van der Waals surface area contributed by atoms with Gasteiger partial charge in [0.15, 0.2) is 0 Å². The summed E-state index contributed by atoms with van der Waals surface area (Å²) in [6, 6.07) is 13.2. The van der Waals surface area contributed by atoms with E-state index in [0.29, 0.717) is 11.6 Å². The Labute approximate surface area is 128 Å². The molecule has 2 rings (SSSR count). The molecule has 0 radical (unpaired) electrons. The summed E-state index contributed by atoms with van der Waals surface area (Å²) in [5, 5.41) is 0.652. The molecule has 0 aliphatic carbocycles. The zero-order valence-corrected chi connectivity index (χ0v) is 12.5. The lowest BCUT2D eigenvalue weighted by Gasteiger charge is -2.10. The molecule has 0 unspecified atom stereocenters. The van der Waals surface area contributed by atoms with Crippen molar-refractivity contribution in [3.63, 3.8) is 0 Å². The minimum absolute atomic E-state index is 0.214. The Kier molecular flexibility index (Phi) is 5.20. The molecule has 2 aromatic rings. The summed E-state index contributed by atoms with van der Waals surface area (Å²) in [4.78, 5) is 11.2. The molecule has 0 fully saturated rings. The standard InChI is InChI=1S/C16H17ClN2O2/c1-11-2-7-14(17)9-15(11)21-10-13-5-3-12(4-6-13)8-16(20)19-18/h2-7,9H,8,10,18H2,1H3,(H,19,20). The molecule has 2 aromatic carbocycles. The van der Waals surface area contributed by atoms with Gasteiger partial charge >= 0.3 is 0 Å². The smallest absolute Gasteiger partial charge is 0.238 e. The fraction of sp³-hybridized carbons (Fsp3) is 0.188. The third-order valence-corrected chi connectivity index (χ3v) is 3.33. The second-order valence-corrected chi connectivity index (χ2v) is 5.20. The van der Waals surface area contributed by atoms with Gasteiger partial charge in [0, 0.05) is 5.02 Å². The van der Waals surface area contributed by atoms with Crippen LogP contribution in [0, 0.1) is 6.92 Å². The number of carbonyl (C=O) groups excluding carboxylic acids is 1. The highest BCUT2D eigenvalue weighted by molar-refractivity contribution is 6.30. The number of hydrogen-bond donors (Lipinski definition) is 2. The average Bonchev–Trinajstić information content (AvgIpc) is 2.49. The van der Waals surface area contributed by atoms with Gasteiger partial charge in [0.25, 0.3) is 0 Å². The van der Waals surface area contributed by atoms with Crippen molar-refractivity contribution in [2.75, 3.05) is 0 Å². The van der Waals surface area contributed by atoms with Crippen molar-refractivity contribution in [3.05, 3.63) is 64.2 Å². The molecule has 0 saturated heterocycles. The van der Waals surface area contributed by atoms with Crippen LogP contribution in [0.15, 0.2) is 42.5 Å². The second-order valence-electron chi connectivity index (χ2n) is 4.76. The minimum atomic E-state index is -0.214. The summed E-state index contributed by atoms with van der Waals surface area (Å²) < 4.78 is 5.76. The Morgan fingerprint density at radius 1 is 1.19 bits per heavy atom. The Bertz CT molecular complexity index is 627. The van der Waals surface area contributed by atoms with E-state index >= 15 is 0 Å². The Balaban J connectivity index is 1.97. The molecule has 1 amide bonds. The first-order valence-corrected chi connectivity index (χ1v) is 6.92. The predicted octanol–water partition coefficient (Wildman–Crippen LogP) is 2.76. The van der Waals surface area contributed by atoms with E-state index in [-0.39, 0.29) is 12.3 Å². The van der Waals surface area contributed by atoms with Crippen molar-refractivity contribution >= 4 is 17.5 Å². The molecule has 4 nitrogen and oxygen atoms in total. The number of amides is 1. The lowest BCUT2D eigenvalue weighted by Crippen LogP contribution is -2.31. The van der Waals surface area contributed by atoms with Crippen molar-refractivity contribution in [3.8, 4) is 5.75 Å². The lowest BCUT2D eigenvalue weighted by molar-refractivity contribution is -0.120.